The summed E-state index contributed by atoms with van der Waals surface area (Å²) in [7, 11) is 0. The first-order chi connectivity index (χ1) is 7.24. The van der Waals surface area contributed by atoms with Crippen LogP contribution in [0.2, 0.25) is 0 Å². The highest BCUT2D eigenvalue weighted by atomic mass is 79.9. The number of nitrogens with zero attached hydrogens (tertiary/aromatic N) is 1. The molecule has 2 aromatic rings. The molecule has 0 fully saturated rings. The molecule has 2 aromatic heterocycles. The highest BCUT2D eigenvalue weighted by molar-refractivity contribution is 9.10. The van der Waals surface area contributed by atoms with Crippen molar-refractivity contribution in [2.45, 2.75) is 6.54 Å². The van der Waals surface area contributed by atoms with Crippen molar-refractivity contribution in [3.8, 4) is 0 Å². The number of anilines is 1. The Kier molecular flexibility index (Phi) is 3.33. The second-order valence-corrected chi connectivity index (χ2v) is 4.87. The van der Waals surface area contributed by atoms with E-state index < -0.39 is 5.95 Å². The second-order valence-electron chi connectivity index (χ2n) is 2.95. The molecule has 0 spiro atoms. The zero-order valence-corrected chi connectivity index (χ0v) is 10.1. The summed E-state index contributed by atoms with van der Waals surface area (Å²) in [6.45, 7) is 0.726. The van der Waals surface area contributed by atoms with Crippen LogP contribution in [-0.4, -0.2) is 4.98 Å². The van der Waals surface area contributed by atoms with Gasteiger partial charge < -0.3 is 5.32 Å². The molecule has 5 heteroatoms. The molecule has 2 rings (SSSR count). The third-order valence-electron chi connectivity index (χ3n) is 1.82. The first-order valence-electron chi connectivity index (χ1n) is 4.32. The largest absolute Gasteiger partial charge is 0.379 e. The van der Waals surface area contributed by atoms with Crippen LogP contribution in [0.4, 0.5) is 10.1 Å². The lowest BCUT2D eigenvalue weighted by atomic mass is 10.4. The smallest absolute Gasteiger partial charge is 0.212 e. The zero-order chi connectivity index (χ0) is 10.7. The molecule has 0 saturated heterocycles. The minimum absolute atomic E-state index is 0.459. The van der Waals surface area contributed by atoms with Crippen LogP contribution in [0.15, 0.2) is 34.2 Å². The molecule has 0 aliphatic heterocycles. The summed E-state index contributed by atoms with van der Waals surface area (Å²) in [5, 5.41) is 5.19. The summed E-state index contributed by atoms with van der Waals surface area (Å²) in [6, 6.07) is 5.06. The van der Waals surface area contributed by atoms with Crippen LogP contribution < -0.4 is 5.32 Å². The Hall–Kier alpha value is -0.940. The Morgan fingerprint density at radius 2 is 2.33 bits per heavy atom. The van der Waals surface area contributed by atoms with Crippen LogP contribution in [0.3, 0.4) is 0 Å². The zero-order valence-electron chi connectivity index (χ0n) is 7.71. The van der Waals surface area contributed by atoms with E-state index in [2.05, 4.69) is 32.3 Å². The molecule has 0 aliphatic carbocycles. The Bertz CT molecular complexity index is 441. The number of hydrogen-bond acceptors (Lipinski definition) is 3. The van der Waals surface area contributed by atoms with Gasteiger partial charge in [0, 0.05) is 21.3 Å². The van der Waals surface area contributed by atoms with Gasteiger partial charge in [0.15, 0.2) is 0 Å². The summed E-state index contributed by atoms with van der Waals surface area (Å²) < 4.78 is 13.6. The van der Waals surface area contributed by atoms with Crippen LogP contribution in [0.5, 0.6) is 0 Å². The number of aromatic nitrogens is 1. The van der Waals surface area contributed by atoms with Gasteiger partial charge in [0.05, 0.1) is 11.9 Å². The van der Waals surface area contributed by atoms with Crippen molar-refractivity contribution in [1.82, 2.24) is 4.98 Å². The number of hydrogen-bond donors (Lipinski definition) is 1. The average molecular weight is 287 g/mol. The van der Waals surface area contributed by atoms with E-state index in [1.54, 1.807) is 17.4 Å². The van der Waals surface area contributed by atoms with E-state index in [-0.39, 0.29) is 0 Å². The molecule has 0 radical (unpaired) electrons. The van der Waals surface area contributed by atoms with Crippen molar-refractivity contribution < 1.29 is 4.39 Å². The van der Waals surface area contributed by atoms with Crippen LogP contribution in [0, 0.1) is 5.95 Å². The Balaban J connectivity index is 1.96. The van der Waals surface area contributed by atoms with E-state index >= 15 is 0 Å². The van der Waals surface area contributed by atoms with Crippen molar-refractivity contribution in [1.29, 1.82) is 0 Å². The predicted octanol–water partition coefficient (Wildman–Crippen LogP) is 3.66. The Morgan fingerprint density at radius 3 is 2.93 bits per heavy atom. The van der Waals surface area contributed by atoms with E-state index in [1.807, 2.05) is 5.38 Å². The molecule has 2 nitrogen and oxygen atoms in total. The molecule has 1 N–H and O–H groups in total. The van der Waals surface area contributed by atoms with Gasteiger partial charge in [-0.15, -0.1) is 11.3 Å². The Labute approximate surface area is 99.3 Å². The maximum atomic E-state index is 12.5. The van der Waals surface area contributed by atoms with E-state index in [0.29, 0.717) is 0 Å². The van der Waals surface area contributed by atoms with Crippen molar-refractivity contribution in [3.05, 3.63) is 45.1 Å². The third kappa shape index (κ3) is 3.00. The lowest BCUT2D eigenvalue weighted by molar-refractivity contribution is 0.584. The van der Waals surface area contributed by atoms with E-state index in [1.165, 1.54) is 17.1 Å². The van der Waals surface area contributed by atoms with Gasteiger partial charge in [0.25, 0.3) is 0 Å². The predicted molar refractivity (Wildman–Crippen MR) is 63.5 cm³/mol. The van der Waals surface area contributed by atoms with Gasteiger partial charge in [-0.1, -0.05) is 0 Å². The molecule has 0 aromatic carbocycles. The molecule has 0 aliphatic rings. The minimum Gasteiger partial charge on any atom is -0.379 e. The fraction of sp³-hybridized carbons (Fsp3) is 0.100. The number of nitrogens with one attached hydrogen (secondary N) is 1. The molecule has 2 heterocycles. The summed E-state index contributed by atoms with van der Waals surface area (Å²) >= 11 is 5.06. The van der Waals surface area contributed by atoms with E-state index in [9.17, 15) is 4.39 Å². The Morgan fingerprint density at radius 1 is 1.47 bits per heavy atom. The highest BCUT2D eigenvalue weighted by Gasteiger charge is 1.98. The molecule has 0 atom stereocenters. The monoisotopic (exact) mass is 286 g/mol. The van der Waals surface area contributed by atoms with E-state index in [4.69, 9.17) is 0 Å². The van der Waals surface area contributed by atoms with Crippen LogP contribution in [0.25, 0.3) is 0 Å². The fourth-order valence-corrected chi connectivity index (χ4v) is 2.51. The fourth-order valence-electron chi connectivity index (χ4n) is 1.12. The lowest BCUT2D eigenvalue weighted by Crippen LogP contribution is -1.97. The van der Waals surface area contributed by atoms with Crippen LogP contribution >= 0.6 is 27.3 Å². The van der Waals surface area contributed by atoms with Crippen molar-refractivity contribution >= 4 is 33.0 Å². The van der Waals surface area contributed by atoms with Gasteiger partial charge in [0.2, 0.25) is 5.95 Å². The highest BCUT2D eigenvalue weighted by Crippen LogP contribution is 2.20. The minimum atomic E-state index is -0.459. The van der Waals surface area contributed by atoms with Gasteiger partial charge in [-0.2, -0.15) is 4.39 Å². The normalized spacial score (nSPS) is 10.3. The molecular formula is C10H8BrFN2S. The number of halogens is 2. The molecule has 0 bridgehead atoms. The van der Waals surface area contributed by atoms with Crippen molar-refractivity contribution in [3.63, 3.8) is 0 Å². The summed E-state index contributed by atoms with van der Waals surface area (Å²) in [5.74, 6) is -0.459. The summed E-state index contributed by atoms with van der Waals surface area (Å²) in [5.41, 5.74) is 0.820. The SMILES string of the molecule is Fc1ccc(NCc2cc(Br)cs2)cn1. The average Bonchev–Trinajstić information content (AvgIpc) is 2.64. The summed E-state index contributed by atoms with van der Waals surface area (Å²) in [4.78, 5) is 4.78. The van der Waals surface area contributed by atoms with Gasteiger partial charge >= 0.3 is 0 Å². The molecule has 0 saturated carbocycles. The third-order valence-corrected chi connectivity index (χ3v) is 3.51. The lowest BCUT2D eigenvalue weighted by Gasteiger charge is -2.03. The van der Waals surface area contributed by atoms with Gasteiger partial charge in [-0.05, 0) is 34.1 Å². The quantitative estimate of drug-likeness (QED) is 0.871. The summed E-state index contributed by atoms with van der Waals surface area (Å²) in [6.07, 6.45) is 1.48. The van der Waals surface area contributed by atoms with Crippen molar-refractivity contribution in [2.24, 2.45) is 0 Å². The second kappa shape index (κ2) is 4.72. The van der Waals surface area contributed by atoms with Gasteiger partial charge in [-0.3, -0.25) is 0 Å². The number of thiophene rings is 1. The molecular weight excluding hydrogens is 279 g/mol. The number of rotatable bonds is 3. The maximum Gasteiger partial charge on any atom is 0.212 e. The van der Waals surface area contributed by atoms with Crippen molar-refractivity contribution in [2.75, 3.05) is 5.32 Å². The van der Waals surface area contributed by atoms with Crippen LogP contribution in [0.1, 0.15) is 4.88 Å². The maximum absolute atomic E-state index is 12.5. The number of pyridine rings is 1. The van der Waals surface area contributed by atoms with Gasteiger partial charge in [0.1, 0.15) is 0 Å². The van der Waals surface area contributed by atoms with Crippen LogP contribution in [-0.2, 0) is 6.54 Å². The molecule has 0 amide bonds. The van der Waals surface area contributed by atoms with Gasteiger partial charge in [-0.25, -0.2) is 4.98 Å². The topological polar surface area (TPSA) is 24.9 Å². The molecule has 15 heavy (non-hydrogen) atoms. The van der Waals surface area contributed by atoms with E-state index in [0.717, 1.165) is 16.7 Å². The molecule has 78 valence electrons. The first kappa shape index (κ1) is 10.6. The standard InChI is InChI=1S/C10H8BrFN2S/c11-7-3-9(15-6-7)5-13-8-1-2-10(12)14-4-8/h1-4,6,13H,5H2. The first-order valence-corrected chi connectivity index (χ1v) is 5.99. The molecule has 0 unspecified atom stereocenters.